The molecule has 726 valence electrons. The summed E-state index contributed by atoms with van der Waals surface area (Å²) in [5.74, 6) is -18.8. The van der Waals surface area contributed by atoms with Crippen molar-refractivity contribution < 1.29 is 136 Å². The molecule has 12 rings (SSSR count). The van der Waals surface area contributed by atoms with Crippen LogP contribution in [0.15, 0.2) is 182 Å². The zero-order valence-electron chi connectivity index (χ0n) is 76.0. The molecule has 0 aromatic heterocycles. The van der Waals surface area contributed by atoms with Crippen molar-refractivity contribution in [1.82, 2.24) is 0 Å². The molecule has 31 heteroatoms. The van der Waals surface area contributed by atoms with Crippen LogP contribution in [0.25, 0.3) is 66.8 Å². The number of hydrogen-bond acceptors (Lipinski definition) is 0. The van der Waals surface area contributed by atoms with Gasteiger partial charge in [0.25, 0.3) is 0 Å². The molecule has 12 aromatic carbocycles. The van der Waals surface area contributed by atoms with Crippen molar-refractivity contribution in [3.63, 3.8) is 0 Å². The molecular formula is C104H93F31. The molecule has 0 nitrogen and oxygen atoms in total. The van der Waals surface area contributed by atoms with E-state index in [-0.39, 0.29) is 75.6 Å². The summed E-state index contributed by atoms with van der Waals surface area (Å²) in [6, 6.07) is 39.6. The second kappa shape index (κ2) is 43.2. The zero-order valence-corrected chi connectivity index (χ0v) is 76.0. The monoisotopic (exact) mass is 1930 g/mol. The van der Waals surface area contributed by atoms with E-state index in [1.807, 2.05) is 102 Å². The predicted molar refractivity (Wildman–Crippen MR) is 464 cm³/mol. The summed E-state index contributed by atoms with van der Waals surface area (Å²) >= 11 is 0. The fourth-order valence-corrected chi connectivity index (χ4v) is 14.3. The van der Waals surface area contributed by atoms with Crippen molar-refractivity contribution in [1.29, 1.82) is 0 Å². The van der Waals surface area contributed by atoms with Gasteiger partial charge in [-0.1, -0.05) is 238 Å². The van der Waals surface area contributed by atoms with E-state index in [4.69, 9.17) is 0 Å². The molecule has 0 aliphatic rings. The van der Waals surface area contributed by atoms with Crippen molar-refractivity contribution >= 4 is 0 Å². The first-order chi connectivity index (χ1) is 61.8. The number of alkyl halides is 21. The van der Waals surface area contributed by atoms with E-state index in [1.165, 1.54) is 42.0 Å². The van der Waals surface area contributed by atoms with Crippen molar-refractivity contribution in [3.8, 4) is 66.8 Å². The van der Waals surface area contributed by atoms with Gasteiger partial charge in [0.2, 0.25) is 11.6 Å². The minimum absolute atomic E-state index is 0.0218. The third-order valence-electron chi connectivity index (χ3n) is 21.3. The molecular weight excluding hydrogens is 1840 g/mol. The van der Waals surface area contributed by atoms with Crippen LogP contribution in [0.4, 0.5) is 136 Å². The summed E-state index contributed by atoms with van der Waals surface area (Å²) in [6.07, 6.45) is -33.4. The summed E-state index contributed by atoms with van der Waals surface area (Å²) in [5.41, 5.74) is 2.85. The first kappa shape index (κ1) is 110. The third kappa shape index (κ3) is 28.3. The Bertz CT molecular complexity index is 5970. The van der Waals surface area contributed by atoms with E-state index < -0.39 is 151 Å². The van der Waals surface area contributed by atoms with Gasteiger partial charge in [-0.2, -0.15) is 92.2 Å². The van der Waals surface area contributed by atoms with Gasteiger partial charge in [0.15, 0.2) is 46.5 Å². The molecule has 0 aliphatic heterocycles. The van der Waals surface area contributed by atoms with Gasteiger partial charge in [-0.05, 0) is 239 Å². The molecule has 0 aliphatic carbocycles. The van der Waals surface area contributed by atoms with Gasteiger partial charge in [-0.3, -0.25) is 0 Å². The molecule has 0 saturated carbocycles. The summed E-state index contributed by atoms with van der Waals surface area (Å²) in [6.45, 7) is 35.4. The van der Waals surface area contributed by atoms with Crippen LogP contribution in [-0.4, -0.2) is 0 Å². The topological polar surface area (TPSA) is 0 Å². The molecule has 0 N–H and O–H groups in total. The summed E-state index contributed by atoms with van der Waals surface area (Å²) in [4.78, 5) is 0. The van der Waals surface area contributed by atoms with Gasteiger partial charge in [0.1, 0.15) is 0 Å². The van der Waals surface area contributed by atoms with Crippen LogP contribution < -0.4 is 0 Å². The molecule has 0 amide bonds. The Balaban J connectivity index is 0.000000221. The standard InChI is InChI=1S/3C18H16F6.C18H19F3.2C16H13F5/c1-10(2)12-4-11(3)5-13(6-12)14-7-15(17(19,20)21)9-16(8-14)18(22,23)24;1-10(2)15-8-11(3)4-6-13(15)14-7-5-12(17(19,20)21)9-16(14)18(22,23)24;1-10(2)16-6-11(3)4-5-15(16)12-7-13(17(19,20)21)9-14(8-12)18(22,23)24;1-11(2)14-7-12(3)8-15(10-14)17-6-5-16(9-13(17)4)18(19,20)21;2*1-7(2)9-4-8(3)5-10(6-9)11-12(17)14(19)16(21)15(20)13(11)18/h3*4-10H,1-3H3;5-11H,1-4H3;2*4-7H,1-3H3. The van der Waals surface area contributed by atoms with E-state index >= 15 is 0 Å². The first-order valence-corrected chi connectivity index (χ1v) is 41.6. The molecule has 0 radical (unpaired) electrons. The molecule has 0 fully saturated rings. The Kier molecular flexibility index (Phi) is 35.4. The minimum Gasteiger partial charge on any atom is -0.203 e. The van der Waals surface area contributed by atoms with Crippen LogP contribution in [0.1, 0.15) is 230 Å². The van der Waals surface area contributed by atoms with Crippen molar-refractivity contribution in [3.05, 3.63) is 351 Å². The van der Waals surface area contributed by atoms with E-state index in [2.05, 4.69) is 26.0 Å². The van der Waals surface area contributed by atoms with E-state index in [0.717, 1.165) is 86.5 Å². The Labute approximate surface area is 761 Å². The van der Waals surface area contributed by atoms with Crippen LogP contribution >= 0.6 is 0 Å². The lowest BCUT2D eigenvalue weighted by molar-refractivity contribution is -0.144. The van der Waals surface area contributed by atoms with Gasteiger partial charge < -0.3 is 0 Å². The smallest absolute Gasteiger partial charge is 0.203 e. The quantitative estimate of drug-likeness (QED) is 0.0650. The van der Waals surface area contributed by atoms with Gasteiger partial charge in [0.05, 0.1) is 50.1 Å². The molecule has 0 saturated heterocycles. The highest BCUT2D eigenvalue weighted by atomic mass is 19.4. The summed E-state index contributed by atoms with van der Waals surface area (Å²) < 4.78 is 407. The highest BCUT2D eigenvalue weighted by molar-refractivity contribution is 5.75. The number of benzene rings is 12. The predicted octanol–water partition coefficient (Wildman–Crippen LogP) is 37.5. The molecule has 0 spiro atoms. The maximum absolute atomic E-state index is 13.8. The normalized spacial score (nSPS) is 12.2. The highest BCUT2D eigenvalue weighted by Crippen LogP contribution is 2.48. The largest absolute Gasteiger partial charge is 0.417 e. The molecule has 0 unspecified atom stereocenters. The van der Waals surface area contributed by atoms with Gasteiger partial charge in [0, 0.05) is 0 Å². The number of aryl methyl sites for hydroxylation is 7. The maximum Gasteiger partial charge on any atom is 0.417 e. The lowest BCUT2D eigenvalue weighted by Crippen LogP contribution is -2.12. The van der Waals surface area contributed by atoms with Crippen molar-refractivity contribution in [2.24, 2.45) is 0 Å². The number of hydrogen-bond donors (Lipinski definition) is 0. The van der Waals surface area contributed by atoms with Gasteiger partial charge >= 0.3 is 43.2 Å². The first-order valence-electron chi connectivity index (χ1n) is 41.6. The van der Waals surface area contributed by atoms with Crippen LogP contribution in [0.2, 0.25) is 0 Å². The highest BCUT2D eigenvalue weighted by Gasteiger charge is 2.42. The SMILES string of the molecule is Cc1cc(-c2c(F)c(F)c(F)c(F)c2F)cc(C(C)C)c1.Cc1cc(-c2c(F)c(F)c(F)c(F)c2F)cc(C(C)C)c1.Cc1cc(-c2cc(C(F)(F)F)cc(C(F)(F)F)c2)cc(C(C)C)c1.Cc1cc(-c2ccc(C(F)(F)F)cc2C)cc(C(C)C)c1.Cc1ccc(-c2cc(C(F)(F)F)cc(C(F)(F)F)c2)c(C(C)C)c1.Cc1ccc(-c2ccc(C(F)(F)F)cc2C(F)(F)F)c(C(C)C)c1. The number of halogens is 31. The molecule has 12 aromatic rings. The molecule has 0 bridgehead atoms. The second-order valence-corrected chi connectivity index (χ2v) is 34.4. The van der Waals surface area contributed by atoms with Gasteiger partial charge in [-0.15, -0.1) is 0 Å². The zero-order chi connectivity index (χ0) is 102. The van der Waals surface area contributed by atoms with Crippen molar-refractivity contribution in [2.75, 3.05) is 0 Å². The second-order valence-electron chi connectivity index (χ2n) is 34.4. The number of rotatable bonds is 12. The molecule has 0 atom stereocenters. The average molecular weight is 1930 g/mol. The minimum atomic E-state index is -4.88. The van der Waals surface area contributed by atoms with Crippen LogP contribution in [0, 0.1) is 107 Å². The van der Waals surface area contributed by atoms with E-state index in [1.54, 1.807) is 88.4 Å². The van der Waals surface area contributed by atoms with Crippen molar-refractivity contribution in [2.45, 2.75) is 210 Å². The fourth-order valence-electron chi connectivity index (χ4n) is 14.3. The lowest BCUT2D eigenvalue weighted by atomic mass is 9.88. The van der Waals surface area contributed by atoms with Crippen LogP contribution in [0.5, 0.6) is 0 Å². The van der Waals surface area contributed by atoms with Crippen LogP contribution in [-0.2, 0) is 43.2 Å². The molecule has 135 heavy (non-hydrogen) atoms. The Morgan fingerprint density at radius 3 is 0.726 bits per heavy atom. The Morgan fingerprint density at radius 2 is 0.422 bits per heavy atom. The Hall–Kier alpha value is -11.5. The average Bonchev–Trinajstić information content (AvgIpc) is 0.777. The Morgan fingerprint density at radius 1 is 0.178 bits per heavy atom. The maximum atomic E-state index is 13.8. The lowest BCUT2D eigenvalue weighted by Gasteiger charge is -2.20. The van der Waals surface area contributed by atoms with Gasteiger partial charge in [-0.25, -0.2) is 43.9 Å². The summed E-state index contributed by atoms with van der Waals surface area (Å²) in [5, 5.41) is 0. The van der Waals surface area contributed by atoms with E-state index in [9.17, 15) is 136 Å². The molecule has 0 heterocycles. The summed E-state index contributed by atoms with van der Waals surface area (Å²) in [7, 11) is 0. The van der Waals surface area contributed by atoms with E-state index in [0.29, 0.717) is 56.5 Å². The third-order valence-corrected chi connectivity index (χ3v) is 21.3. The fraction of sp³-hybridized carbons (Fsp3) is 0.308. The van der Waals surface area contributed by atoms with Crippen LogP contribution in [0.3, 0.4) is 0 Å².